The zero-order valence-corrected chi connectivity index (χ0v) is 15.0. The summed E-state index contributed by atoms with van der Waals surface area (Å²) in [5, 5.41) is 20.5. The first-order valence-electron chi connectivity index (χ1n) is 6.62. The summed E-state index contributed by atoms with van der Waals surface area (Å²) in [4.78, 5) is 0. The molecular formula is C14H20Br2ClNO2. The Labute approximate surface area is 142 Å². The molecule has 1 aromatic carbocycles. The maximum Gasteiger partial charge on any atom is 0.134 e. The first-order chi connectivity index (χ1) is 9.00. The van der Waals surface area contributed by atoms with Gasteiger partial charge in [-0.1, -0.05) is 35.2 Å². The zero-order chi connectivity index (χ0) is 14.0. The van der Waals surface area contributed by atoms with Gasteiger partial charge in [-0.3, -0.25) is 0 Å². The summed E-state index contributed by atoms with van der Waals surface area (Å²) in [5.41, 5.74) is 6.74. The van der Waals surface area contributed by atoms with Crippen LogP contribution in [0, 0.1) is 5.92 Å². The second-order valence-electron chi connectivity index (χ2n) is 5.24. The van der Waals surface area contributed by atoms with Gasteiger partial charge in [0.15, 0.2) is 0 Å². The SMILES string of the molecule is Cl.N[C@@H](c1cc(Br)cc(Br)c1O)[C@H](O)C1CCCCC1. The number of aromatic hydroxyl groups is 1. The van der Waals surface area contributed by atoms with Crippen molar-refractivity contribution in [3.05, 3.63) is 26.6 Å². The number of benzene rings is 1. The minimum Gasteiger partial charge on any atom is -0.506 e. The number of aliphatic hydroxyl groups is 1. The quantitative estimate of drug-likeness (QED) is 0.672. The van der Waals surface area contributed by atoms with E-state index in [2.05, 4.69) is 31.9 Å². The van der Waals surface area contributed by atoms with E-state index < -0.39 is 12.1 Å². The van der Waals surface area contributed by atoms with Crippen LogP contribution in [0.3, 0.4) is 0 Å². The van der Waals surface area contributed by atoms with Crippen molar-refractivity contribution in [2.75, 3.05) is 0 Å². The number of halogens is 3. The van der Waals surface area contributed by atoms with Crippen LogP contribution in [-0.4, -0.2) is 16.3 Å². The average Bonchev–Trinajstić information content (AvgIpc) is 2.42. The number of hydrogen-bond donors (Lipinski definition) is 3. The third-order valence-corrected chi connectivity index (χ3v) is 4.98. The van der Waals surface area contributed by atoms with Crippen molar-refractivity contribution in [1.29, 1.82) is 0 Å². The number of nitrogens with two attached hydrogens (primary N) is 1. The first kappa shape index (κ1) is 18.2. The molecule has 0 saturated heterocycles. The Kier molecular flexibility index (Phi) is 7.29. The van der Waals surface area contributed by atoms with E-state index in [0.29, 0.717) is 10.0 Å². The lowest BCUT2D eigenvalue weighted by Crippen LogP contribution is -2.34. The zero-order valence-electron chi connectivity index (χ0n) is 11.1. The Morgan fingerprint density at radius 2 is 1.75 bits per heavy atom. The van der Waals surface area contributed by atoms with Gasteiger partial charge in [-0.15, -0.1) is 12.4 Å². The molecule has 0 aromatic heterocycles. The minimum atomic E-state index is -0.604. The molecule has 2 atom stereocenters. The van der Waals surface area contributed by atoms with E-state index >= 15 is 0 Å². The Morgan fingerprint density at radius 1 is 1.15 bits per heavy atom. The molecular weight excluding hydrogens is 409 g/mol. The van der Waals surface area contributed by atoms with Gasteiger partial charge in [-0.05, 0) is 46.8 Å². The van der Waals surface area contributed by atoms with Gasteiger partial charge in [-0.2, -0.15) is 0 Å². The second-order valence-corrected chi connectivity index (χ2v) is 7.01. The summed E-state index contributed by atoms with van der Waals surface area (Å²) in [6.07, 6.45) is 4.99. The fourth-order valence-electron chi connectivity index (χ4n) is 2.79. The summed E-state index contributed by atoms with van der Waals surface area (Å²) in [6, 6.07) is 2.98. The number of rotatable bonds is 3. The molecule has 1 fully saturated rings. The van der Waals surface area contributed by atoms with E-state index in [4.69, 9.17) is 5.73 Å². The number of phenols is 1. The molecule has 0 spiro atoms. The lowest BCUT2D eigenvalue weighted by Gasteiger charge is -2.31. The van der Waals surface area contributed by atoms with Crippen molar-refractivity contribution in [2.45, 2.75) is 44.2 Å². The molecule has 1 aliphatic carbocycles. The molecule has 4 N–H and O–H groups in total. The van der Waals surface area contributed by atoms with Crippen molar-refractivity contribution < 1.29 is 10.2 Å². The van der Waals surface area contributed by atoms with Crippen LogP contribution in [0.25, 0.3) is 0 Å². The Hall–Kier alpha value is 0.190. The highest BCUT2D eigenvalue weighted by Crippen LogP contribution is 2.38. The highest BCUT2D eigenvalue weighted by molar-refractivity contribution is 9.11. The van der Waals surface area contributed by atoms with Crippen LogP contribution < -0.4 is 5.73 Å². The molecule has 0 heterocycles. The standard InChI is InChI=1S/C14H19Br2NO2.ClH/c15-9-6-10(14(19)11(16)7-9)12(17)13(18)8-4-2-1-3-5-8;/h6-8,12-13,18-19H,1-5,17H2;1H/t12-,13+;/m0./s1. The van der Waals surface area contributed by atoms with E-state index in [1.165, 1.54) is 6.42 Å². The van der Waals surface area contributed by atoms with Crippen molar-refractivity contribution in [3.8, 4) is 5.75 Å². The second kappa shape index (κ2) is 7.99. The summed E-state index contributed by atoms with van der Waals surface area (Å²) < 4.78 is 1.42. The van der Waals surface area contributed by atoms with Crippen molar-refractivity contribution in [2.24, 2.45) is 11.7 Å². The smallest absolute Gasteiger partial charge is 0.134 e. The maximum absolute atomic E-state index is 10.4. The summed E-state index contributed by atoms with van der Waals surface area (Å²) >= 11 is 6.68. The van der Waals surface area contributed by atoms with Crippen molar-refractivity contribution in [3.63, 3.8) is 0 Å². The van der Waals surface area contributed by atoms with E-state index in [-0.39, 0.29) is 24.1 Å². The number of aliphatic hydroxyl groups excluding tert-OH is 1. The van der Waals surface area contributed by atoms with Gasteiger partial charge in [0.05, 0.1) is 16.6 Å². The average molecular weight is 430 g/mol. The molecule has 2 rings (SSSR count). The molecule has 0 aliphatic heterocycles. The van der Waals surface area contributed by atoms with Crippen molar-refractivity contribution >= 4 is 44.3 Å². The van der Waals surface area contributed by atoms with Gasteiger partial charge >= 0.3 is 0 Å². The highest BCUT2D eigenvalue weighted by Gasteiger charge is 2.29. The molecule has 114 valence electrons. The van der Waals surface area contributed by atoms with Gasteiger partial charge in [0.1, 0.15) is 5.75 Å². The maximum atomic E-state index is 10.4. The highest BCUT2D eigenvalue weighted by atomic mass is 79.9. The molecule has 3 nitrogen and oxygen atoms in total. The minimum absolute atomic E-state index is 0. The summed E-state index contributed by atoms with van der Waals surface area (Å²) in [7, 11) is 0. The Morgan fingerprint density at radius 3 is 2.35 bits per heavy atom. The van der Waals surface area contributed by atoms with Crippen LogP contribution in [0.4, 0.5) is 0 Å². The van der Waals surface area contributed by atoms with Crippen LogP contribution in [-0.2, 0) is 0 Å². The van der Waals surface area contributed by atoms with E-state index in [0.717, 1.165) is 30.2 Å². The van der Waals surface area contributed by atoms with Crippen LogP contribution in [0.15, 0.2) is 21.1 Å². The molecule has 0 unspecified atom stereocenters. The van der Waals surface area contributed by atoms with Crippen LogP contribution in [0.2, 0.25) is 0 Å². The van der Waals surface area contributed by atoms with Crippen molar-refractivity contribution in [1.82, 2.24) is 0 Å². The van der Waals surface area contributed by atoms with Gasteiger partial charge < -0.3 is 15.9 Å². The molecule has 1 aromatic rings. The predicted octanol–water partition coefficient (Wildman–Crippen LogP) is 4.28. The number of phenolic OH excluding ortho intramolecular Hbond substituents is 1. The normalized spacial score (nSPS) is 19.2. The largest absolute Gasteiger partial charge is 0.506 e. The fraction of sp³-hybridized carbons (Fsp3) is 0.571. The summed E-state index contributed by atoms with van der Waals surface area (Å²) in [5.74, 6) is 0.353. The first-order valence-corrected chi connectivity index (χ1v) is 8.21. The fourth-order valence-corrected chi connectivity index (χ4v) is 4.05. The topological polar surface area (TPSA) is 66.5 Å². The predicted molar refractivity (Wildman–Crippen MR) is 90.3 cm³/mol. The van der Waals surface area contributed by atoms with Crippen LogP contribution >= 0.6 is 44.3 Å². The Balaban J connectivity index is 0.00000200. The van der Waals surface area contributed by atoms with Crippen LogP contribution in [0.5, 0.6) is 5.75 Å². The Bertz CT molecular complexity index is 453. The lowest BCUT2D eigenvalue weighted by molar-refractivity contribution is 0.0610. The molecule has 0 radical (unpaired) electrons. The molecule has 0 bridgehead atoms. The molecule has 20 heavy (non-hydrogen) atoms. The molecule has 1 saturated carbocycles. The molecule has 0 amide bonds. The molecule has 1 aliphatic rings. The monoisotopic (exact) mass is 427 g/mol. The van der Waals surface area contributed by atoms with E-state index in [1.807, 2.05) is 0 Å². The third kappa shape index (κ3) is 4.10. The summed E-state index contributed by atoms with van der Waals surface area (Å²) in [6.45, 7) is 0. The van der Waals surface area contributed by atoms with E-state index in [1.54, 1.807) is 12.1 Å². The molecule has 6 heteroatoms. The van der Waals surface area contributed by atoms with Crippen LogP contribution in [0.1, 0.15) is 43.7 Å². The van der Waals surface area contributed by atoms with Gasteiger partial charge in [0.25, 0.3) is 0 Å². The van der Waals surface area contributed by atoms with E-state index in [9.17, 15) is 10.2 Å². The third-order valence-electron chi connectivity index (χ3n) is 3.92. The lowest BCUT2D eigenvalue weighted by atomic mass is 9.81. The van der Waals surface area contributed by atoms with Gasteiger partial charge in [-0.25, -0.2) is 0 Å². The number of hydrogen-bond acceptors (Lipinski definition) is 3. The van der Waals surface area contributed by atoms with Gasteiger partial charge in [0, 0.05) is 10.0 Å². The van der Waals surface area contributed by atoms with Gasteiger partial charge in [0.2, 0.25) is 0 Å².